The quantitative estimate of drug-likeness (QED) is 0.691. The molecule has 3 unspecified atom stereocenters. The lowest BCUT2D eigenvalue weighted by molar-refractivity contribution is 0.0198. The van der Waals surface area contributed by atoms with Crippen molar-refractivity contribution >= 4 is 17.6 Å². The van der Waals surface area contributed by atoms with Gasteiger partial charge in [0.05, 0.1) is 17.9 Å². The van der Waals surface area contributed by atoms with Crippen LogP contribution in [-0.4, -0.2) is 45.3 Å². The Balaban J connectivity index is 1.41. The predicted molar refractivity (Wildman–Crippen MR) is 120 cm³/mol. The van der Waals surface area contributed by atoms with Gasteiger partial charge in [-0.05, 0) is 71.6 Å². The number of amides is 1. The number of aryl methyl sites for hydroxylation is 1. The molecule has 2 bridgehead atoms. The van der Waals surface area contributed by atoms with E-state index in [0.717, 1.165) is 24.8 Å². The minimum atomic E-state index is -0.510. The van der Waals surface area contributed by atoms with E-state index in [9.17, 15) is 9.18 Å². The lowest BCUT2D eigenvalue weighted by Gasteiger charge is -2.28. The van der Waals surface area contributed by atoms with Crippen LogP contribution in [0.2, 0.25) is 0 Å². The van der Waals surface area contributed by atoms with Crippen molar-refractivity contribution < 1.29 is 18.7 Å². The van der Waals surface area contributed by atoms with Crippen LogP contribution >= 0.6 is 0 Å². The fourth-order valence-corrected chi connectivity index (χ4v) is 4.63. The molecule has 172 valence electrons. The van der Waals surface area contributed by atoms with Gasteiger partial charge in [0.15, 0.2) is 0 Å². The molecule has 2 aliphatic rings. The number of hydrogen-bond donors (Lipinski definition) is 1. The highest BCUT2D eigenvalue weighted by Gasteiger charge is 2.50. The van der Waals surface area contributed by atoms with Gasteiger partial charge < -0.3 is 19.7 Å². The molecule has 1 amide bonds. The third-order valence-corrected chi connectivity index (χ3v) is 6.12. The number of aromatic nitrogens is 2. The van der Waals surface area contributed by atoms with Crippen molar-refractivity contribution in [3.8, 4) is 5.88 Å². The van der Waals surface area contributed by atoms with Crippen molar-refractivity contribution in [1.29, 1.82) is 0 Å². The van der Waals surface area contributed by atoms with Gasteiger partial charge in [-0.1, -0.05) is 6.07 Å². The second-order valence-electron chi connectivity index (χ2n) is 9.75. The lowest BCUT2D eigenvalue weighted by Crippen LogP contribution is -2.41. The number of fused-ring (bicyclic) bond motifs is 2. The molecular weight excluding hydrogens is 411 g/mol. The average molecular weight is 443 g/mol. The molecule has 2 saturated heterocycles. The minimum absolute atomic E-state index is 0.122. The highest BCUT2D eigenvalue weighted by Crippen LogP contribution is 2.42. The van der Waals surface area contributed by atoms with E-state index in [1.807, 2.05) is 45.6 Å². The topological polar surface area (TPSA) is 76.6 Å². The van der Waals surface area contributed by atoms with Gasteiger partial charge in [-0.15, -0.1) is 0 Å². The molecule has 0 spiro atoms. The van der Waals surface area contributed by atoms with Crippen LogP contribution in [0.25, 0.3) is 0 Å². The summed E-state index contributed by atoms with van der Waals surface area (Å²) < 4.78 is 25.9. The fourth-order valence-electron chi connectivity index (χ4n) is 4.63. The number of carbonyl (C=O) groups is 1. The maximum atomic E-state index is 14.2. The van der Waals surface area contributed by atoms with Crippen molar-refractivity contribution in [1.82, 2.24) is 14.9 Å². The molecular formula is C24H31FN4O3. The molecule has 0 radical (unpaired) electrons. The molecule has 3 atom stereocenters. The number of anilines is 2. The molecule has 1 aromatic carbocycles. The third-order valence-electron chi connectivity index (χ3n) is 6.12. The van der Waals surface area contributed by atoms with Crippen molar-refractivity contribution in [3.63, 3.8) is 0 Å². The zero-order chi connectivity index (χ0) is 23.0. The van der Waals surface area contributed by atoms with Gasteiger partial charge in [-0.3, -0.25) is 0 Å². The number of halogens is 1. The van der Waals surface area contributed by atoms with Gasteiger partial charge in [-0.25, -0.2) is 19.2 Å². The monoisotopic (exact) mass is 442 g/mol. The van der Waals surface area contributed by atoms with Crippen LogP contribution in [0.3, 0.4) is 0 Å². The van der Waals surface area contributed by atoms with Crippen LogP contribution in [0, 0.1) is 25.6 Å². The van der Waals surface area contributed by atoms with E-state index in [1.54, 1.807) is 6.07 Å². The second kappa shape index (κ2) is 8.56. The standard InChI is InChI=1S/C24H31FN4O3/c1-14-6-8-19(18(25)10-14)28-21-15(2)22(27-13-26-21)31-12-16-11-17-7-9-20(16)29(17)23(30)32-24(3,4)5/h6,8,10,13,16-17,20H,7,9,11-12H2,1-5H3,(H,26,27,28). The number of benzene rings is 1. The molecule has 1 aromatic heterocycles. The Morgan fingerprint density at radius 3 is 2.75 bits per heavy atom. The maximum Gasteiger partial charge on any atom is 0.410 e. The Morgan fingerprint density at radius 1 is 1.25 bits per heavy atom. The van der Waals surface area contributed by atoms with E-state index in [-0.39, 0.29) is 29.9 Å². The summed E-state index contributed by atoms with van der Waals surface area (Å²) in [5.74, 6) is 0.846. The summed E-state index contributed by atoms with van der Waals surface area (Å²) in [5.41, 5.74) is 1.40. The Morgan fingerprint density at radius 2 is 2.03 bits per heavy atom. The highest BCUT2D eigenvalue weighted by molar-refractivity contribution is 5.70. The number of nitrogens with zero attached hydrogens (tertiary/aromatic N) is 3. The number of ether oxygens (including phenoxy) is 2. The van der Waals surface area contributed by atoms with E-state index in [2.05, 4.69) is 15.3 Å². The number of carbonyl (C=O) groups excluding carboxylic acids is 1. The van der Waals surface area contributed by atoms with Crippen molar-refractivity contribution in [2.24, 2.45) is 5.92 Å². The van der Waals surface area contributed by atoms with Crippen LogP contribution in [0.15, 0.2) is 24.5 Å². The first kappa shape index (κ1) is 22.3. The molecule has 32 heavy (non-hydrogen) atoms. The van der Waals surface area contributed by atoms with Crippen LogP contribution in [0.1, 0.15) is 51.2 Å². The molecule has 4 rings (SSSR count). The van der Waals surface area contributed by atoms with Crippen LogP contribution in [-0.2, 0) is 4.74 Å². The zero-order valence-corrected chi connectivity index (χ0v) is 19.3. The first-order valence-corrected chi connectivity index (χ1v) is 11.1. The van der Waals surface area contributed by atoms with Crippen molar-refractivity contribution in [3.05, 3.63) is 41.5 Å². The first-order valence-electron chi connectivity index (χ1n) is 11.1. The van der Waals surface area contributed by atoms with Gasteiger partial charge >= 0.3 is 6.09 Å². The first-order chi connectivity index (χ1) is 15.1. The van der Waals surface area contributed by atoms with Crippen molar-refractivity contribution in [2.45, 2.75) is 71.6 Å². The van der Waals surface area contributed by atoms with Gasteiger partial charge in [-0.2, -0.15) is 0 Å². The zero-order valence-electron chi connectivity index (χ0n) is 19.3. The molecule has 7 nitrogen and oxygen atoms in total. The van der Waals surface area contributed by atoms with Gasteiger partial charge in [0.2, 0.25) is 5.88 Å². The van der Waals surface area contributed by atoms with E-state index >= 15 is 0 Å². The third kappa shape index (κ3) is 4.64. The molecule has 8 heteroatoms. The van der Waals surface area contributed by atoms with Crippen molar-refractivity contribution in [2.75, 3.05) is 11.9 Å². The molecule has 1 N–H and O–H groups in total. The Bertz CT molecular complexity index is 1010. The van der Waals surface area contributed by atoms with Gasteiger partial charge in [0, 0.05) is 18.0 Å². The summed E-state index contributed by atoms with van der Waals surface area (Å²) >= 11 is 0. The van der Waals surface area contributed by atoms with Crippen LogP contribution < -0.4 is 10.1 Å². The van der Waals surface area contributed by atoms with Gasteiger partial charge in [0.25, 0.3) is 0 Å². The summed E-state index contributed by atoms with van der Waals surface area (Å²) in [6, 6.07) is 5.33. The summed E-state index contributed by atoms with van der Waals surface area (Å²) in [6.07, 6.45) is 4.03. The normalized spacial score (nSPS) is 22.2. The average Bonchev–Trinajstić information content (AvgIpc) is 3.27. The smallest absolute Gasteiger partial charge is 0.410 e. The van der Waals surface area contributed by atoms with E-state index in [1.165, 1.54) is 12.4 Å². The van der Waals surface area contributed by atoms with Gasteiger partial charge in [0.1, 0.15) is 23.6 Å². The Labute approximate surface area is 188 Å². The van der Waals surface area contributed by atoms with E-state index in [4.69, 9.17) is 9.47 Å². The number of rotatable bonds is 5. The highest BCUT2D eigenvalue weighted by atomic mass is 19.1. The van der Waals surface area contributed by atoms with E-state index in [0.29, 0.717) is 29.6 Å². The summed E-state index contributed by atoms with van der Waals surface area (Å²) in [6.45, 7) is 9.79. The Hall–Kier alpha value is -2.90. The minimum Gasteiger partial charge on any atom is -0.477 e. The number of nitrogens with one attached hydrogen (secondary N) is 1. The Kier molecular flexibility index (Phi) is 5.97. The SMILES string of the molecule is Cc1ccc(Nc2ncnc(OCC3CC4CCC3N4C(=O)OC(C)(C)C)c2C)c(F)c1. The van der Waals surface area contributed by atoms with Crippen LogP contribution in [0.5, 0.6) is 5.88 Å². The van der Waals surface area contributed by atoms with Crippen LogP contribution in [0.4, 0.5) is 20.7 Å². The summed E-state index contributed by atoms with van der Waals surface area (Å²) in [4.78, 5) is 23.1. The summed E-state index contributed by atoms with van der Waals surface area (Å²) in [5, 5.41) is 3.03. The number of hydrogen-bond acceptors (Lipinski definition) is 6. The molecule has 0 saturated carbocycles. The molecule has 0 aliphatic carbocycles. The molecule has 3 heterocycles. The molecule has 2 fully saturated rings. The summed E-state index contributed by atoms with van der Waals surface area (Å²) in [7, 11) is 0. The second-order valence-corrected chi connectivity index (χ2v) is 9.75. The largest absolute Gasteiger partial charge is 0.477 e. The predicted octanol–water partition coefficient (Wildman–Crippen LogP) is 5.14. The lowest BCUT2D eigenvalue weighted by atomic mass is 9.90. The molecule has 2 aromatic rings. The fraction of sp³-hybridized carbons (Fsp3) is 0.542. The maximum absolute atomic E-state index is 14.2. The molecule has 2 aliphatic heterocycles. The van der Waals surface area contributed by atoms with E-state index < -0.39 is 5.60 Å².